The molecule has 0 aromatic rings. The van der Waals surface area contributed by atoms with Gasteiger partial charge in [0.2, 0.25) is 0 Å². The van der Waals surface area contributed by atoms with E-state index < -0.39 is 0 Å². The SMILES string of the molecule is [Fe].[Ni].[Pd].[SiH4]. The second-order valence-corrected chi connectivity index (χ2v) is 0. The Hall–Kier alpha value is 1.89. The minimum absolute atomic E-state index is 0. The van der Waals surface area contributed by atoms with E-state index >= 15 is 0 Å². The van der Waals surface area contributed by atoms with E-state index in [2.05, 4.69) is 0 Å². The molecule has 4 heteroatoms. The molecule has 0 aromatic heterocycles. The zero-order valence-electron chi connectivity index (χ0n) is 0.986. The quantitative estimate of drug-likeness (QED) is 0.463. The van der Waals surface area contributed by atoms with Crippen LogP contribution in [0.2, 0.25) is 0 Å². The molecule has 0 unspecified atom stereocenters. The fourth-order valence-corrected chi connectivity index (χ4v) is 0. The van der Waals surface area contributed by atoms with E-state index in [1.54, 1.807) is 0 Å². The van der Waals surface area contributed by atoms with Gasteiger partial charge in [-0.1, -0.05) is 0 Å². The molecule has 0 saturated carbocycles. The van der Waals surface area contributed by atoms with Crippen molar-refractivity contribution in [3.8, 4) is 0 Å². The molecule has 0 fully saturated rings. The molecular weight excluding hydrogens is 249 g/mol. The van der Waals surface area contributed by atoms with Crippen LogP contribution < -0.4 is 0 Å². The second-order valence-electron chi connectivity index (χ2n) is 0. The summed E-state index contributed by atoms with van der Waals surface area (Å²) in [4.78, 5) is 0. The number of rotatable bonds is 0. The molecule has 0 aliphatic rings. The minimum Gasteiger partial charge on any atom is -0.0149 e. The van der Waals surface area contributed by atoms with Gasteiger partial charge in [-0.2, -0.15) is 0 Å². The van der Waals surface area contributed by atoms with E-state index in [1.807, 2.05) is 0 Å². The molecule has 0 N–H and O–H groups in total. The molecule has 36 valence electrons. The van der Waals surface area contributed by atoms with Crippen molar-refractivity contribution in [3.05, 3.63) is 0 Å². The van der Waals surface area contributed by atoms with Crippen molar-refractivity contribution in [2.45, 2.75) is 0 Å². The summed E-state index contributed by atoms with van der Waals surface area (Å²) in [6.07, 6.45) is 0. The van der Waals surface area contributed by atoms with Crippen LogP contribution in [0.3, 0.4) is 0 Å². The van der Waals surface area contributed by atoms with Gasteiger partial charge in [-0.25, -0.2) is 0 Å². The molecular formula is H4FeNiPdSi. The molecule has 0 rings (SSSR count). The van der Waals surface area contributed by atoms with Crippen molar-refractivity contribution in [2.24, 2.45) is 0 Å². The van der Waals surface area contributed by atoms with Crippen LogP contribution in [0, 0.1) is 0 Å². The average Bonchev–Trinajstić information content (AvgIpc) is 0. The van der Waals surface area contributed by atoms with Crippen LogP contribution in [0.4, 0.5) is 0 Å². The fourth-order valence-electron chi connectivity index (χ4n) is 0. The van der Waals surface area contributed by atoms with Crippen molar-refractivity contribution in [3.63, 3.8) is 0 Å². The van der Waals surface area contributed by atoms with Crippen LogP contribution in [0.5, 0.6) is 0 Å². The summed E-state index contributed by atoms with van der Waals surface area (Å²) in [6, 6.07) is 0. The van der Waals surface area contributed by atoms with Gasteiger partial charge < -0.3 is 0 Å². The smallest absolute Gasteiger partial charge is 0 e. The summed E-state index contributed by atoms with van der Waals surface area (Å²) in [5, 5.41) is 0. The first-order chi connectivity index (χ1) is 0. The summed E-state index contributed by atoms with van der Waals surface area (Å²) in [5.41, 5.74) is 0. The van der Waals surface area contributed by atoms with Crippen LogP contribution in [0.15, 0.2) is 0 Å². The van der Waals surface area contributed by atoms with Crippen molar-refractivity contribution in [2.75, 3.05) is 0 Å². The molecule has 0 nitrogen and oxygen atoms in total. The van der Waals surface area contributed by atoms with Gasteiger partial charge in [-0.05, 0) is 11.0 Å². The maximum Gasteiger partial charge on any atom is 0 e. The van der Waals surface area contributed by atoms with Gasteiger partial charge in [0.15, 0.2) is 0 Å². The van der Waals surface area contributed by atoms with Gasteiger partial charge in [0.05, 0.1) is 0 Å². The zero-order chi connectivity index (χ0) is 0. The molecule has 0 amide bonds. The Balaban J connectivity index is 0. The monoisotopic (exact) mass is 252 g/mol. The van der Waals surface area contributed by atoms with Crippen molar-refractivity contribution in [1.82, 2.24) is 0 Å². The van der Waals surface area contributed by atoms with E-state index in [-0.39, 0.29) is 64.9 Å². The van der Waals surface area contributed by atoms with Gasteiger partial charge in [0.1, 0.15) is 0 Å². The Labute approximate surface area is 64.6 Å². The Morgan fingerprint density at radius 2 is 1.00 bits per heavy atom. The van der Waals surface area contributed by atoms with Gasteiger partial charge >= 0.3 is 0 Å². The molecule has 0 bridgehead atoms. The molecule has 0 aliphatic heterocycles. The molecule has 0 radical (unpaired) electrons. The standard InChI is InChI=1S/Fe.Ni.Pd.H4Si/h;;;1H4. The van der Waals surface area contributed by atoms with E-state index in [0.717, 1.165) is 0 Å². The normalized spacial score (nSPS) is 0. The molecule has 0 aliphatic carbocycles. The van der Waals surface area contributed by atoms with Crippen molar-refractivity contribution >= 4 is 11.0 Å². The Bertz CT molecular complexity index is 8.00. The van der Waals surface area contributed by atoms with E-state index in [9.17, 15) is 0 Å². The van der Waals surface area contributed by atoms with E-state index in [1.165, 1.54) is 0 Å². The van der Waals surface area contributed by atoms with Crippen LogP contribution in [-0.4, -0.2) is 11.0 Å². The maximum atomic E-state index is 0. The van der Waals surface area contributed by atoms with Gasteiger partial charge in [0.25, 0.3) is 0 Å². The Morgan fingerprint density at radius 3 is 1.00 bits per heavy atom. The summed E-state index contributed by atoms with van der Waals surface area (Å²) in [5.74, 6) is 0. The number of hydrogen-bond donors (Lipinski definition) is 0. The largest absolute Gasteiger partial charge is 0.0149 e. The first-order valence-electron chi connectivity index (χ1n) is 0. The predicted octanol–water partition coefficient (Wildman–Crippen LogP) is -1.46. The van der Waals surface area contributed by atoms with Crippen LogP contribution in [0.25, 0.3) is 0 Å². The molecule has 4 heavy (non-hydrogen) atoms. The zero-order valence-corrected chi connectivity index (χ0v) is 4.63. The van der Waals surface area contributed by atoms with E-state index in [0.29, 0.717) is 0 Å². The van der Waals surface area contributed by atoms with Crippen molar-refractivity contribution in [1.29, 1.82) is 0 Å². The topological polar surface area (TPSA) is 0 Å². The van der Waals surface area contributed by atoms with Crippen LogP contribution in [-0.2, 0) is 54.0 Å². The first kappa shape index (κ1) is 39.4. The maximum absolute atomic E-state index is 0. The second kappa shape index (κ2) is 20.7. The third-order valence-electron chi connectivity index (χ3n) is 0. The van der Waals surface area contributed by atoms with Crippen molar-refractivity contribution < 1.29 is 54.0 Å². The average molecular weight is 253 g/mol. The first-order valence-corrected chi connectivity index (χ1v) is 0. The Kier molecular flexibility index (Phi) is 204. The third-order valence-corrected chi connectivity index (χ3v) is 0. The summed E-state index contributed by atoms with van der Waals surface area (Å²) in [7, 11) is 0. The third kappa shape index (κ3) is 9.09. The van der Waals surface area contributed by atoms with Crippen LogP contribution >= 0.6 is 0 Å². The van der Waals surface area contributed by atoms with E-state index in [4.69, 9.17) is 0 Å². The molecule has 0 atom stereocenters. The Morgan fingerprint density at radius 1 is 1.00 bits per heavy atom. The summed E-state index contributed by atoms with van der Waals surface area (Å²) >= 11 is 0. The number of hydrogen-bond acceptors (Lipinski definition) is 0. The molecule has 0 spiro atoms. The summed E-state index contributed by atoms with van der Waals surface area (Å²) < 4.78 is 0. The molecule has 0 saturated heterocycles. The fraction of sp³-hybridized carbons (Fsp3) is 0. The molecule has 0 aromatic carbocycles. The predicted molar refractivity (Wildman–Crippen MR) is 11.3 cm³/mol. The van der Waals surface area contributed by atoms with Crippen LogP contribution in [0.1, 0.15) is 0 Å². The van der Waals surface area contributed by atoms with Gasteiger partial charge in [-0.3, -0.25) is 0 Å². The minimum atomic E-state index is 0. The van der Waals surface area contributed by atoms with Gasteiger partial charge in [-0.15, -0.1) is 0 Å². The summed E-state index contributed by atoms with van der Waals surface area (Å²) in [6.45, 7) is 0. The molecule has 0 heterocycles. The van der Waals surface area contributed by atoms with Gasteiger partial charge in [0, 0.05) is 54.0 Å².